The molecule has 0 aliphatic heterocycles. The van der Waals surface area contributed by atoms with Gasteiger partial charge in [-0.25, -0.2) is 4.39 Å². The van der Waals surface area contributed by atoms with E-state index >= 15 is 0 Å². The Morgan fingerprint density at radius 1 is 1.07 bits per heavy atom. The van der Waals surface area contributed by atoms with E-state index in [-0.39, 0.29) is 11.4 Å². The van der Waals surface area contributed by atoms with Crippen molar-refractivity contribution in [2.45, 2.75) is 33.9 Å². The summed E-state index contributed by atoms with van der Waals surface area (Å²) in [7, 11) is 0. The minimum absolute atomic E-state index is 0.0227. The molecule has 0 bridgehead atoms. The number of rotatable bonds is 0. The Morgan fingerprint density at radius 3 is 1.93 bits per heavy atom. The van der Waals surface area contributed by atoms with Gasteiger partial charge >= 0.3 is 6.18 Å². The smallest absolute Gasteiger partial charge is 0.255 e. The summed E-state index contributed by atoms with van der Waals surface area (Å²) in [4.78, 5) is 3.44. The van der Waals surface area contributed by atoms with Gasteiger partial charge in [-0.05, 0) is 19.9 Å². The van der Waals surface area contributed by atoms with Gasteiger partial charge in [-0.3, -0.25) is 4.98 Å². The molecule has 0 spiro atoms. The van der Waals surface area contributed by atoms with Crippen LogP contribution in [0.5, 0.6) is 0 Å². The quantitative estimate of drug-likeness (QED) is 0.608. The van der Waals surface area contributed by atoms with Crippen LogP contribution >= 0.6 is 0 Å². The zero-order valence-corrected chi connectivity index (χ0v) is 9.04. The summed E-state index contributed by atoms with van der Waals surface area (Å²) in [5.41, 5.74) is -1.24. The summed E-state index contributed by atoms with van der Waals surface area (Å²) in [5.74, 6) is -0.932. The van der Waals surface area contributed by atoms with Crippen LogP contribution < -0.4 is 0 Å². The SMILES string of the molecule is CC.Cc1nc(C)c(C(F)(F)F)cc1F. The molecule has 0 aliphatic carbocycles. The first-order valence-electron chi connectivity index (χ1n) is 4.53. The van der Waals surface area contributed by atoms with E-state index in [0.29, 0.717) is 6.07 Å². The fraction of sp³-hybridized carbons (Fsp3) is 0.500. The summed E-state index contributed by atoms with van der Waals surface area (Å²) in [6.07, 6.45) is -4.54. The van der Waals surface area contributed by atoms with Crippen molar-refractivity contribution >= 4 is 0 Å². The average molecular weight is 223 g/mol. The molecule has 0 radical (unpaired) electrons. The third kappa shape index (κ3) is 3.49. The molecule has 1 rings (SSSR count). The van der Waals surface area contributed by atoms with Gasteiger partial charge in [0.25, 0.3) is 0 Å². The number of hydrogen-bond acceptors (Lipinski definition) is 1. The summed E-state index contributed by atoms with van der Waals surface area (Å²) < 4.78 is 49.2. The number of halogens is 4. The molecule has 0 fully saturated rings. The summed E-state index contributed by atoms with van der Waals surface area (Å²) in [6, 6.07) is 0.470. The molecule has 86 valence electrons. The minimum atomic E-state index is -4.54. The van der Waals surface area contributed by atoms with Crippen molar-refractivity contribution in [3.63, 3.8) is 0 Å². The van der Waals surface area contributed by atoms with Crippen LogP contribution in [0.1, 0.15) is 30.8 Å². The molecular weight excluding hydrogens is 210 g/mol. The third-order valence-corrected chi connectivity index (χ3v) is 1.65. The van der Waals surface area contributed by atoms with E-state index in [0.717, 1.165) is 0 Å². The van der Waals surface area contributed by atoms with Crippen LogP contribution in [0.3, 0.4) is 0 Å². The third-order valence-electron chi connectivity index (χ3n) is 1.65. The Kier molecular flexibility index (Phi) is 4.71. The van der Waals surface area contributed by atoms with Gasteiger partial charge in [-0.1, -0.05) is 13.8 Å². The summed E-state index contributed by atoms with van der Waals surface area (Å²) in [5, 5.41) is 0. The van der Waals surface area contributed by atoms with Gasteiger partial charge in [-0.15, -0.1) is 0 Å². The maximum atomic E-state index is 12.7. The molecule has 1 nitrogen and oxygen atoms in total. The van der Waals surface area contributed by atoms with Crippen LogP contribution in [0.2, 0.25) is 0 Å². The van der Waals surface area contributed by atoms with Gasteiger partial charge in [0.1, 0.15) is 5.82 Å². The Bertz CT molecular complexity index is 331. The van der Waals surface area contributed by atoms with Gasteiger partial charge < -0.3 is 0 Å². The fourth-order valence-electron chi connectivity index (χ4n) is 0.988. The molecule has 0 saturated heterocycles. The maximum absolute atomic E-state index is 12.7. The molecule has 0 saturated carbocycles. The lowest BCUT2D eigenvalue weighted by atomic mass is 10.2. The highest BCUT2D eigenvalue weighted by molar-refractivity contribution is 5.25. The fourth-order valence-corrected chi connectivity index (χ4v) is 0.988. The molecule has 0 unspecified atom stereocenters. The molecule has 0 aliphatic rings. The number of aromatic nitrogens is 1. The first kappa shape index (κ1) is 13.9. The van der Waals surface area contributed by atoms with Crippen molar-refractivity contribution in [3.8, 4) is 0 Å². The van der Waals surface area contributed by atoms with Crippen LogP contribution in [0.4, 0.5) is 17.6 Å². The second-order valence-electron chi connectivity index (χ2n) is 2.69. The summed E-state index contributed by atoms with van der Waals surface area (Å²) in [6.45, 7) is 6.53. The number of aryl methyl sites for hydroxylation is 2. The molecule has 1 heterocycles. The molecule has 0 N–H and O–H groups in total. The van der Waals surface area contributed by atoms with Gasteiger partial charge in [-0.2, -0.15) is 13.2 Å². The molecule has 0 amide bonds. The van der Waals surface area contributed by atoms with Gasteiger partial charge in [0, 0.05) is 5.69 Å². The van der Waals surface area contributed by atoms with Crippen molar-refractivity contribution in [2.24, 2.45) is 0 Å². The second-order valence-corrected chi connectivity index (χ2v) is 2.69. The van der Waals surface area contributed by atoms with Crippen molar-refractivity contribution in [1.29, 1.82) is 0 Å². The van der Waals surface area contributed by atoms with E-state index in [4.69, 9.17) is 0 Å². The predicted octanol–water partition coefficient (Wildman–Crippen LogP) is 3.88. The standard InChI is InChI=1S/C8H7F4N.C2H6/c1-4-6(8(10,11)12)3-7(9)5(2)13-4;1-2/h3H,1-2H3;1-2H3. The van der Waals surface area contributed by atoms with E-state index in [9.17, 15) is 17.6 Å². The molecule has 1 aromatic heterocycles. The Hall–Kier alpha value is -1.13. The van der Waals surface area contributed by atoms with Gasteiger partial charge in [0.05, 0.1) is 11.3 Å². The Labute approximate surface area is 86.1 Å². The topological polar surface area (TPSA) is 12.9 Å². The normalized spacial score (nSPS) is 10.7. The number of hydrogen-bond donors (Lipinski definition) is 0. The van der Waals surface area contributed by atoms with Crippen LogP contribution in [-0.2, 0) is 6.18 Å². The van der Waals surface area contributed by atoms with Crippen molar-refractivity contribution in [1.82, 2.24) is 4.98 Å². The Balaban J connectivity index is 0.000000921. The molecular formula is C10H13F4N. The largest absolute Gasteiger partial charge is 0.418 e. The van der Waals surface area contributed by atoms with Crippen molar-refractivity contribution < 1.29 is 17.6 Å². The minimum Gasteiger partial charge on any atom is -0.255 e. The van der Waals surface area contributed by atoms with E-state index in [2.05, 4.69) is 4.98 Å². The van der Waals surface area contributed by atoms with E-state index in [1.807, 2.05) is 13.8 Å². The molecule has 1 aromatic rings. The predicted molar refractivity (Wildman–Crippen MR) is 50.0 cm³/mol. The summed E-state index contributed by atoms with van der Waals surface area (Å²) >= 11 is 0. The first-order chi connectivity index (χ1) is 6.82. The van der Waals surface area contributed by atoms with Gasteiger partial charge in [0.2, 0.25) is 0 Å². The van der Waals surface area contributed by atoms with Crippen molar-refractivity contribution in [3.05, 3.63) is 28.8 Å². The highest BCUT2D eigenvalue weighted by Crippen LogP contribution is 2.31. The maximum Gasteiger partial charge on any atom is 0.418 e. The van der Waals surface area contributed by atoms with Crippen LogP contribution in [0.25, 0.3) is 0 Å². The van der Waals surface area contributed by atoms with Crippen LogP contribution in [-0.4, -0.2) is 4.98 Å². The Morgan fingerprint density at radius 2 is 1.53 bits per heavy atom. The first-order valence-corrected chi connectivity index (χ1v) is 4.53. The highest BCUT2D eigenvalue weighted by Gasteiger charge is 2.33. The lowest BCUT2D eigenvalue weighted by molar-refractivity contribution is -0.138. The van der Waals surface area contributed by atoms with Gasteiger partial charge in [0.15, 0.2) is 0 Å². The van der Waals surface area contributed by atoms with Crippen LogP contribution in [0, 0.1) is 19.7 Å². The lowest BCUT2D eigenvalue weighted by Gasteiger charge is -2.09. The number of nitrogens with zero attached hydrogens (tertiary/aromatic N) is 1. The average Bonchev–Trinajstić information content (AvgIpc) is 2.13. The van der Waals surface area contributed by atoms with Crippen LogP contribution in [0.15, 0.2) is 6.07 Å². The molecule has 5 heteroatoms. The lowest BCUT2D eigenvalue weighted by Crippen LogP contribution is -2.10. The molecule has 0 aromatic carbocycles. The molecule has 15 heavy (non-hydrogen) atoms. The van der Waals surface area contributed by atoms with Crippen molar-refractivity contribution in [2.75, 3.05) is 0 Å². The zero-order chi connectivity index (χ0) is 12.2. The zero-order valence-electron chi connectivity index (χ0n) is 9.04. The molecule has 0 atom stereocenters. The number of alkyl halides is 3. The second kappa shape index (κ2) is 5.09. The van der Waals surface area contributed by atoms with E-state index in [1.165, 1.54) is 13.8 Å². The van der Waals surface area contributed by atoms with E-state index < -0.39 is 17.6 Å². The van der Waals surface area contributed by atoms with E-state index in [1.54, 1.807) is 0 Å². The highest BCUT2D eigenvalue weighted by atomic mass is 19.4. The number of pyridine rings is 1. The monoisotopic (exact) mass is 223 g/mol.